The van der Waals surface area contributed by atoms with Crippen LogP contribution in [0.2, 0.25) is 0 Å². The van der Waals surface area contributed by atoms with Crippen LogP contribution in [-0.4, -0.2) is 24.5 Å². The van der Waals surface area contributed by atoms with E-state index in [0.717, 1.165) is 12.8 Å². The number of nitrogens with zero attached hydrogens (tertiary/aromatic N) is 2. The summed E-state index contributed by atoms with van der Waals surface area (Å²) in [6, 6.07) is 11.2. The van der Waals surface area contributed by atoms with E-state index in [1.807, 2.05) is 13.8 Å². The van der Waals surface area contributed by atoms with E-state index in [4.69, 9.17) is 5.26 Å². The molecule has 1 aliphatic rings. The molecule has 0 N–H and O–H groups in total. The number of unbranched alkanes of at least 4 members (excludes halogenated alkanes) is 1. The predicted octanol–water partition coefficient (Wildman–Crippen LogP) is 3.81. The largest absolute Gasteiger partial charge is 0.303 e. The van der Waals surface area contributed by atoms with Crippen molar-refractivity contribution >= 4 is 0 Å². The fraction of sp³-hybridized carbons (Fsp3) is 0.611. The Morgan fingerprint density at radius 3 is 2.25 bits per heavy atom. The van der Waals surface area contributed by atoms with Crippen molar-refractivity contribution in [2.75, 3.05) is 19.6 Å². The van der Waals surface area contributed by atoms with Crippen molar-refractivity contribution in [1.29, 1.82) is 5.26 Å². The third-order valence-electron chi connectivity index (χ3n) is 4.34. The Labute approximate surface area is 123 Å². The lowest BCUT2D eigenvalue weighted by Crippen LogP contribution is -2.27. The van der Waals surface area contributed by atoms with Crippen LogP contribution in [0.3, 0.4) is 0 Å². The van der Waals surface area contributed by atoms with Gasteiger partial charge in [0, 0.05) is 13.1 Å². The summed E-state index contributed by atoms with van der Waals surface area (Å²) in [5.41, 5.74) is 2.90. The van der Waals surface area contributed by atoms with Gasteiger partial charge in [-0.15, -0.1) is 0 Å². The smallest absolute Gasteiger partial charge is 0.0683 e. The van der Waals surface area contributed by atoms with E-state index in [2.05, 4.69) is 35.2 Å². The molecule has 20 heavy (non-hydrogen) atoms. The van der Waals surface area contributed by atoms with E-state index in [1.165, 1.54) is 50.0 Å². The molecule has 0 saturated heterocycles. The van der Waals surface area contributed by atoms with Gasteiger partial charge in [0.1, 0.15) is 0 Å². The first-order chi connectivity index (χ1) is 9.61. The highest BCUT2D eigenvalue weighted by Crippen LogP contribution is 2.22. The molecule has 0 radical (unpaired) electrons. The van der Waals surface area contributed by atoms with Crippen LogP contribution in [-0.2, 0) is 12.8 Å². The molecule has 1 aromatic carbocycles. The second-order valence-electron chi connectivity index (χ2n) is 6.56. The van der Waals surface area contributed by atoms with Gasteiger partial charge >= 0.3 is 0 Å². The van der Waals surface area contributed by atoms with E-state index in [1.54, 1.807) is 0 Å². The van der Waals surface area contributed by atoms with Crippen molar-refractivity contribution in [1.82, 2.24) is 4.90 Å². The number of fused-ring (bicyclic) bond motifs is 1. The Bertz CT molecular complexity index is 444. The minimum Gasteiger partial charge on any atom is -0.303 e. The van der Waals surface area contributed by atoms with Gasteiger partial charge in [0.2, 0.25) is 0 Å². The summed E-state index contributed by atoms with van der Waals surface area (Å²) in [4.78, 5) is 2.58. The maximum atomic E-state index is 9.02. The number of hydrogen-bond acceptors (Lipinski definition) is 2. The number of nitriles is 1. The lowest BCUT2D eigenvalue weighted by molar-refractivity contribution is 0.274. The first kappa shape index (κ1) is 15.1. The van der Waals surface area contributed by atoms with Gasteiger partial charge in [0.05, 0.1) is 11.5 Å². The summed E-state index contributed by atoms with van der Waals surface area (Å²) in [7, 11) is 0. The summed E-state index contributed by atoms with van der Waals surface area (Å²) in [6.45, 7) is 7.61. The molecule has 1 aliphatic heterocycles. The van der Waals surface area contributed by atoms with E-state index < -0.39 is 0 Å². The first-order valence-electron chi connectivity index (χ1n) is 7.81. The molecule has 0 fully saturated rings. The maximum Gasteiger partial charge on any atom is 0.0683 e. The minimum atomic E-state index is -0.158. The SMILES string of the molecule is CC(C)(C#N)CCCCN1CCc2ccccc2CC1. The average molecular weight is 270 g/mol. The zero-order valence-electron chi connectivity index (χ0n) is 12.9. The summed E-state index contributed by atoms with van der Waals surface area (Å²) >= 11 is 0. The van der Waals surface area contributed by atoms with Crippen LogP contribution in [0.15, 0.2) is 24.3 Å². The number of benzene rings is 1. The second kappa shape index (κ2) is 6.90. The molecule has 0 unspecified atom stereocenters. The van der Waals surface area contributed by atoms with Crippen molar-refractivity contribution in [2.45, 2.75) is 46.0 Å². The molecule has 0 saturated carbocycles. The van der Waals surface area contributed by atoms with Gasteiger partial charge in [-0.2, -0.15) is 5.26 Å². The predicted molar refractivity (Wildman–Crippen MR) is 83.5 cm³/mol. The normalized spacial score (nSPS) is 16.2. The van der Waals surface area contributed by atoms with Crippen LogP contribution < -0.4 is 0 Å². The van der Waals surface area contributed by atoms with Crippen LogP contribution in [0.4, 0.5) is 0 Å². The van der Waals surface area contributed by atoms with Gasteiger partial charge in [0.15, 0.2) is 0 Å². The Balaban J connectivity index is 1.73. The van der Waals surface area contributed by atoms with Crippen molar-refractivity contribution in [3.8, 4) is 6.07 Å². The van der Waals surface area contributed by atoms with Crippen molar-refractivity contribution in [2.24, 2.45) is 5.41 Å². The molecule has 0 spiro atoms. The maximum absolute atomic E-state index is 9.02. The standard InChI is InChI=1S/C18H26N2/c1-18(2,15-19)11-5-6-12-20-13-9-16-7-3-4-8-17(16)10-14-20/h3-4,7-8H,5-6,9-14H2,1-2H3. The molecule has 0 aliphatic carbocycles. The summed E-state index contributed by atoms with van der Waals surface area (Å²) in [5.74, 6) is 0. The van der Waals surface area contributed by atoms with Crippen molar-refractivity contribution in [3.63, 3.8) is 0 Å². The monoisotopic (exact) mass is 270 g/mol. The molecular formula is C18H26N2. The summed E-state index contributed by atoms with van der Waals surface area (Å²) < 4.78 is 0. The molecule has 2 nitrogen and oxygen atoms in total. The molecule has 1 heterocycles. The molecule has 0 amide bonds. The number of rotatable bonds is 5. The van der Waals surface area contributed by atoms with E-state index in [-0.39, 0.29) is 5.41 Å². The van der Waals surface area contributed by atoms with E-state index >= 15 is 0 Å². The van der Waals surface area contributed by atoms with Crippen molar-refractivity contribution < 1.29 is 0 Å². The highest BCUT2D eigenvalue weighted by atomic mass is 15.1. The zero-order valence-corrected chi connectivity index (χ0v) is 12.9. The minimum absolute atomic E-state index is 0.158. The zero-order chi connectivity index (χ0) is 14.4. The Hall–Kier alpha value is -1.33. The number of hydrogen-bond donors (Lipinski definition) is 0. The third kappa shape index (κ3) is 4.35. The molecule has 0 atom stereocenters. The fourth-order valence-electron chi connectivity index (χ4n) is 2.90. The second-order valence-corrected chi connectivity index (χ2v) is 6.56. The molecule has 108 valence electrons. The van der Waals surface area contributed by atoms with Gasteiger partial charge < -0.3 is 4.90 Å². The van der Waals surface area contributed by atoms with Crippen LogP contribution >= 0.6 is 0 Å². The molecule has 0 bridgehead atoms. The van der Waals surface area contributed by atoms with Gasteiger partial charge in [-0.3, -0.25) is 0 Å². The molecular weight excluding hydrogens is 244 g/mol. The van der Waals surface area contributed by atoms with Crippen molar-refractivity contribution in [3.05, 3.63) is 35.4 Å². The van der Waals surface area contributed by atoms with Crippen LogP contribution in [0.1, 0.15) is 44.2 Å². The quantitative estimate of drug-likeness (QED) is 0.761. The summed E-state index contributed by atoms with van der Waals surface area (Å²) in [6.07, 6.45) is 5.74. The average Bonchev–Trinajstić information content (AvgIpc) is 2.66. The van der Waals surface area contributed by atoms with E-state index in [0.29, 0.717) is 0 Å². The van der Waals surface area contributed by atoms with E-state index in [9.17, 15) is 0 Å². The van der Waals surface area contributed by atoms with Crippen LogP contribution in [0.25, 0.3) is 0 Å². The molecule has 2 heteroatoms. The van der Waals surface area contributed by atoms with Gasteiger partial charge in [-0.1, -0.05) is 30.7 Å². The van der Waals surface area contributed by atoms with Gasteiger partial charge in [-0.05, 0) is 57.2 Å². The lowest BCUT2D eigenvalue weighted by atomic mass is 9.89. The topological polar surface area (TPSA) is 27.0 Å². The highest BCUT2D eigenvalue weighted by Gasteiger charge is 2.17. The molecule has 1 aromatic rings. The third-order valence-corrected chi connectivity index (χ3v) is 4.34. The van der Waals surface area contributed by atoms with Crippen LogP contribution in [0.5, 0.6) is 0 Å². The fourth-order valence-corrected chi connectivity index (χ4v) is 2.90. The molecule has 0 aromatic heterocycles. The van der Waals surface area contributed by atoms with Gasteiger partial charge in [0.25, 0.3) is 0 Å². The Morgan fingerprint density at radius 2 is 1.70 bits per heavy atom. The highest BCUT2D eigenvalue weighted by molar-refractivity contribution is 5.28. The Kier molecular flexibility index (Phi) is 5.20. The lowest BCUT2D eigenvalue weighted by Gasteiger charge is -2.20. The Morgan fingerprint density at radius 1 is 1.10 bits per heavy atom. The first-order valence-corrected chi connectivity index (χ1v) is 7.81. The summed E-state index contributed by atoms with van der Waals surface area (Å²) in [5, 5.41) is 9.02. The van der Waals surface area contributed by atoms with Gasteiger partial charge in [-0.25, -0.2) is 0 Å². The van der Waals surface area contributed by atoms with Crippen LogP contribution in [0, 0.1) is 16.7 Å². The molecule has 2 rings (SSSR count).